The second-order valence-electron chi connectivity index (χ2n) is 1.55. The Morgan fingerprint density at radius 3 is 2.40 bits per heavy atom. The van der Waals surface area contributed by atoms with Crippen molar-refractivity contribution < 1.29 is 13.2 Å². The molecular formula is C5H2F3N2. The first-order valence-electron chi connectivity index (χ1n) is 2.37. The molecule has 1 aromatic rings. The monoisotopic (exact) mass is 147 g/mol. The number of aromatic nitrogens is 2. The number of nitrogens with zero attached hydrogens (tertiary/aromatic N) is 2. The van der Waals surface area contributed by atoms with Gasteiger partial charge in [0.2, 0.25) is 0 Å². The van der Waals surface area contributed by atoms with Gasteiger partial charge in [-0.2, -0.15) is 18.3 Å². The summed E-state index contributed by atoms with van der Waals surface area (Å²) in [4.78, 5) is 0. The van der Waals surface area contributed by atoms with Gasteiger partial charge in [-0.15, -0.1) is 5.10 Å². The minimum Gasteiger partial charge on any atom is -0.166 e. The maximum Gasteiger partial charge on any atom is 0.418 e. The van der Waals surface area contributed by atoms with E-state index in [1.807, 2.05) is 0 Å². The van der Waals surface area contributed by atoms with E-state index in [1.54, 1.807) is 6.20 Å². The molecule has 0 aliphatic rings. The summed E-state index contributed by atoms with van der Waals surface area (Å²) in [5, 5.41) is 6.11. The first-order chi connectivity index (χ1) is 4.61. The molecule has 0 amide bonds. The largest absolute Gasteiger partial charge is 0.418 e. The molecule has 0 bridgehead atoms. The molecule has 0 aliphatic heterocycles. The fourth-order valence-corrected chi connectivity index (χ4v) is 0.419. The van der Waals surface area contributed by atoms with E-state index in [9.17, 15) is 13.2 Å². The molecule has 0 aromatic carbocycles. The second kappa shape index (κ2) is 2.24. The molecule has 0 fully saturated rings. The van der Waals surface area contributed by atoms with E-state index in [0.29, 0.717) is 0 Å². The average Bonchev–Trinajstić information content (AvgIpc) is 1.88. The zero-order valence-corrected chi connectivity index (χ0v) is 4.68. The summed E-state index contributed by atoms with van der Waals surface area (Å²) >= 11 is 0. The Bertz CT molecular complexity index is 206. The van der Waals surface area contributed by atoms with Crippen LogP contribution in [0.4, 0.5) is 13.2 Å². The quantitative estimate of drug-likeness (QED) is 0.552. The van der Waals surface area contributed by atoms with Crippen LogP contribution >= 0.6 is 0 Å². The van der Waals surface area contributed by atoms with Crippen LogP contribution in [0.25, 0.3) is 0 Å². The van der Waals surface area contributed by atoms with E-state index in [2.05, 4.69) is 10.2 Å². The summed E-state index contributed by atoms with van der Waals surface area (Å²) in [6.45, 7) is 0. The first kappa shape index (κ1) is 6.98. The minimum atomic E-state index is -4.37. The van der Waals surface area contributed by atoms with E-state index in [0.717, 1.165) is 12.3 Å². The molecule has 0 spiro atoms. The number of hydrogen-bond donors (Lipinski definition) is 0. The van der Waals surface area contributed by atoms with Crippen LogP contribution in [-0.4, -0.2) is 10.2 Å². The van der Waals surface area contributed by atoms with Crippen LogP contribution in [0.5, 0.6) is 0 Å². The molecule has 0 atom stereocenters. The van der Waals surface area contributed by atoms with Crippen molar-refractivity contribution in [3.63, 3.8) is 0 Å². The normalized spacial score (nSPS) is 11.5. The zero-order chi connectivity index (χ0) is 7.61. The number of hydrogen-bond acceptors (Lipinski definition) is 2. The highest BCUT2D eigenvalue weighted by Gasteiger charge is 2.30. The molecule has 0 saturated carbocycles. The molecule has 1 heterocycles. The molecule has 1 rings (SSSR count). The van der Waals surface area contributed by atoms with Crippen LogP contribution < -0.4 is 0 Å². The highest BCUT2D eigenvalue weighted by atomic mass is 19.4. The van der Waals surface area contributed by atoms with E-state index in [-0.39, 0.29) is 0 Å². The molecule has 53 valence electrons. The number of rotatable bonds is 0. The average molecular weight is 147 g/mol. The highest BCUT2D eigenvalue weighted by Crippen LogP contribution is 2.27. The topological polar surface area (TPSA) is 25.8 Å². The van der Waals surface area contributed by atoms with Gasteiger partial charge >= 0.3 is 6.18 Å². The van der Waals surface area contributed by atoms with Gasteiger partial charge in [-0.05, 0) is 6.07 Å². The maximum atomic E-state index is 11.7. The van der Waals surface area contributed by atoms with Crippen molar-refractivity contribution in [2.45, 2.75) is 6.18 Å². The van der Waals surface area contributed by atoms with Crippen molar-refractivity contribution >= 4 is 0 Å². The van der Waals surface area contributed by atoms with Gasteiger partial charge in [-0.1, -0.05) is 0 Å². The lowest BCUT2D eigenvalue weighted by molar-refractivity contribution is -0.138. The summed E-state index contributed by atoms with van der Waals surface area (Å²) in [5.74, 6) is 0. The molecule has 0 saturated heterocycles. The smallest absolute Gasteiger partial charge is 0.166 e. The summed E-state index contributed by atoms with van der Waals surface area (Å²) in [5.41, 5.74) is -0.900. The van der Waals surface area contributed by atoms with Crippen molar-refractivity contribution in [2.24, 2.45) is 0 Å². The van der Waals surface area contributed by atoms with Crippen LogP contribution in [0.1, 0.15) is 5.56 Å². The van der Waals surface area contributed by atoms with Crippen LogP contribution in [0.2, 0.25) is 0 Å². The molecule has 0 unspecified atom stereocenters. The summed E-state index contributed by atoms with van der Waals surface area (Å²) in [7, 11) is 0. The van der Waals surface area contributed by atoms with Gasteiger partial charge in [-0.25, -0.2) is 0 Å². The van der Waals surface area contributed by atoms with Gasteiger partial charge in [0.15, 0.2) is 0 Å². The third-order valence-corrected chi connectivity index (χ3v) is 0.841. The van der Waals surface area contributed by atoms with Gasteiger partial charge in [0.25, 0.3) is 0 Å². The standard InChI is InChI=1S/C5H2F3N2/c6-5(7,8)4-1-2-9-10-3-4/h1-2H. The summed E-state index contributed by atoms with van der Waals surface area (Å²) < 4.78 is 35.1. The third kappa shape index (κ3) is 1.43. The number of halogens is 3. The van der Waals surface area contributed by atoms with Crippen LogP contribution in [0.3, 0.4) is 0 Å². The van der Waals surface area contributed by atoms with Crippen LogP contribution in [0, 0.1) is 6.20 Å². The molecule has 2 nitrogen and oxygen atoms in total. The van der Waals surface area contributed by atoms with E-state index >= 15 is 0 Å². The van der Waals surface area contributed by atoms with Gasteiger partial charge in [0, 0.05) is 0 Å². The molecular weight excluding hydrogens is 145 g/mol. The molecule has 0 N–H and O–H groups in total. The predicted molar refractivity (Wildman–Crippen MR) is 25.9 cm³/mol. The maximum absolute atomic E-state index is 11.7. The fourth-order valence-electron chi connectivity index (χ4n) is 0.419. The molecule has 5 heteroatoms. The Balaban J connectivity index is 2.97. The molecule has 1 aromatic heterocycles. The fraction of sp³-hybridized carbons (Fsp3) is 0.200. The zero-order valence-electron chi connectivity index (χ0n) is 4.68. The number of alkyl halides is 3. The van der Waals surface area contributed by atoms with Crippen LogP contribution in [0.15, 0.2) is 12.3 Å². The van der Waals surface area contributed by atoms with Gasteiger partial charge in [0.1, 0.15) is 6.20 Å². The highest BCUT2D eigenvalue weighted by molar-refractivity contribution is 5.07. The van der Waals surface area contributed by atoms with Gasteiger partial charge in [0.05, 0.1) is 11.8 Å². The van der Waals surface area contributed by atoms with Crippen molar-refractivity contribution in [3.8, 4) is 0 Å². The Labute approximate surface area is 54.7 Å². The predicted octanol–water partition coefficient (Wildman–Crippen LogP) is 1.30. The molecule has 0 aliphatic carbocycles. The van der Waals surface area contributed by atoms with Crippen LogP contribution in [-0.2, 0) is 6.18 Å². The van der Waals surface area contributed by atoms with Crippen molar-refractivity contribution in [1.29, 1.82) is 0 Å². The van der Waals surface area contributed by atoms with Crippen molar-refractivity contribution in [2.75, 3.05) is 0 Å². The first-order valence-corrected chi connectivity index (χ1v) is 2.37. The molecule has 1 radical (unpaired) electrons. The lowest BCUT2D eigenvalue weighted by Crippen LogP contribution is -2.05. The van der Waals surface area contributed by atoms with Gasteiger partial charge in [-0.3, -0.25) is 0 Å². The summed E-state index contributed by atoms with van der Waals surface area (Å²) in [6.07, 6.45) is -1.67. The minimum absolute atomic E-state index is 0.812. The summed E-state index contributed by atoms with van der Waals surface area (Å²) in [6, 6.07) is 0.812. The van der Waals surface area contributed by atoms with Crippen molar-refractivity contribution in [1.82, 2.24) is 10.2 Å². The van der Waals surface area contributed by atoms with Crippen molar-refractivity contribution in [3.05, 3.63) is 24.0 Å². The van der Waals surface area contributed by atoms with E-state index in [4.69, 9.17) is 0 Å². The Morgan fingerprint density at radius 2 is 2.10 bits per heavy atom. The van der Waals surface area contributed by atoms with E-state index in [1.165, 1.54) is 0 Å². The SMILES string of the molecule is FC(F)(F)c1[c]nncc1. The Kier molecular flexibility index (Phi) is 1.57. The second-order valence-corrected chi connectivity index (χ2v) is 1.55. The van der Waals surface area contributed by atoms with Gasteiger partial charge < -0.3 is 0 Å². The van der Waals surface area contributed by atoms with E-state index < -0.39 is 11.7 Å². The lowest BCUT2D eigenvalue weighted by atomic mass is 10.3. The lowest BCUT2D eigenvalue weighted by Gasteiger charge is -2.01. The molecule has 10 heavy (non-hydrogen) atoms. The Morgan fingerprint density at radius 1 is 1.40 bits per heavy atom. The Hall–Kier alpha value is -1.13. The third-order valence-electron chi connectivity index (χ3n) is 0.841.